The van der Waals surface area contributed by atoms with Crippen molar-refractivity contribution in [2.75, 3.05) is 5.73 Å². The van der Waals surface area contributed by atoms with Crippen LogP contribution in [-0.4, -0.2) is 14.8 Å². The van der Waals surface area contributed by atoms with Crippen molar-refractivity contribution in [3.8, 4) is 5.82 Å². The summed E-state index contributed by atoms with van der Waals surface area (Å²) in [7, 11) is 0. The van der Waals surface area contributed by atoms with E-state index in [1.165, 1.54) is 0 Å². The van der Waals surface area contributed by atoms with Crippen LogP contribution in [0.4, 0.5) is 5.69 Å². The zero-order valence-corrected chi connectivity index (χ0v) is 7.88. The highest BCUT2D eigenvalue weighted by molar-refractivity contribution is 9.10. The molecular formula is C8H7BrN4. The van der Waals surface area contributed by atoms with Gasteiger partial charge < -0.3 is 5.73 Å². The van der Waals surface area contributed by atoms with Crippen LogP contribution in [0.5, 0.6) is 0 Å². The molecule has 0 aromatic carbocycles. The first-order valence-corrected chi connectivity index (χ1v) is 4.09. The van der Waals surface area contributed by atoms with Crippen molar-refractivity contribution in [3.05, 3.63) is 35.1 Å². The first kappa shape index (κ1) is 4.23. The molecule has 2 aromatic heterocycles. The van der Waals surface area contributed by atoms with Crippen LogP contribution in [0.1, 0.15) is 6.85 Å². The molecule has 0 bridgehead atoms. The topological polar surface area (TPSA) is 56.7 Å². The summed E-state index contributed by atoms with van der Waals surface area (Å²) in [5.41, 5.74) is 5.49. The van der Waals surface area contributed by atoms with E-state index in [0.29, 0.717) is 0 Å². The lowest BCUT2D eigenvalue weighted by molar-refractivity contribution is 0.850. The van der Waals surface area contributed by atoms with Crippen LogP contribution in [0.2, 0.25) is 0 Å². The van der Waals surface area contributed by atoms with Gasteiger partial charge in [0, 0.05) is 12.3 Å². The van der Waals surface area contributed by atoms with E-state index in [9.17, 15) is 0 Å². The normalized spacial score (nSPS) is 15.6. The minimum absolute atomic E-state index is 0.0924. The highest BCUT2D eigenvalue weighted by Crippen LogP contribution is 2.15. The number of halogens is 1. The third-order valence-electron chi connectivity index (χ3n) is 1.31. The average Bonchev–Trinajstić information content (AvgIpc) is 2.59. The Hall–Kier alpha value is -1.36. The predicted molar refractivity (Wildman–Crippen MR) is 53.5 cm³/mol. The molecule has 0 unspecified atom stereocenters. The van der Waals surface area contributed by atoms with E-state index >= 15 is 0 Å². The maximum Gasteiger partial charge on any atom is 0.176 e. The average molecular weight is 244 g/mol. The van der Waals surface area contributed by atoms with Crippen LogP contribution < -0.4 is 5.73 Å². The lowest BCUT2D eigenvalue weighted by Crippen LogP contribution is -2.02. The molecule has 0 amide bonds. The van der Waals surface area contributed by atoms with E-state index in [4.69, 9.17) is 12.6 Å². The molecule has 0 saturated carbocycles. The lowest BCUT2D eigenvalue weighted by atomic mass is 10.4. The predicted octanol–water partition coefficient (Wildman–Crippen LogP) is 1.61. The Morgan fingerprint density at radius 2 is 2.46 bits per heavy atom. The van der Waals surface area contributed by atoms with Gasteiger partial charge in [-0.1, -0.05) is 0 Å². The minimum Gasteiger partial charge on any atom is -0.396 e. The van der Waals surface area contributed by atoms with Gasteiger partial charge in [0.05, 0.1) is 23.2 Å². The molecule has 0 saturated heterocycles. The molecule has 2 aromatic rings. The van der Waals surface area contributed by atoms with Crippen molar-refractivity contribution in [2.45, 2.75) is 0 Å². The molecule has 0 aliphatic carbocycles. The standard InChI is InChI=1S/C8H7BrN4/c9-6-4-12-13(5-6)8-7(10)2-1-3-11-8/h1-5H,10H2/i1D,2D,3D,4D,5D. The van der Waals surface area contributed by atoms with Gasteiger partial charge in [0.15, 0.2) is 5.82 Å². The lowest BCUT2D eigenvalue weighted by Gasteiger charge is -2.01. The van der Waals surface area contributed by atoms with Crippen LogP contribution in [0.3, 0.4) is 0 Å². The SMILES string of the molecule is [2H]c1nc(-n2nc([2H])c(Br)c2[2H])c(N)c([2H])c1[2H]. The number of aromatic nitrogens is 3. The quantitative estimate of drug-likeness (QED) is 0.829. The fourth-order valence-corrected chi connectivity index (χ4v) is 1.04. The van der Waals surface area contributed by atoms with Crippen molar-refractivity contribution in [1.82, 2.24) is 14.8 Å². The highest BCUT2D eigenvalue weighted by Gasteiger charge is 2.02. The van der Waals surface area contributed by atoms with Gasteiger partial charge in [0.1, 0.15) is 0 Å². The zero-order valence-electron chi connectivity index (χ0n) is 11.3. The Morgan fingerprint density at radius 3 is 3.15 bits per heavy atom. The zero-order chi connectivity index (χ0) is 13.6. The first-order chi connectivity index (χ1) is 8.34. The van der Waals surface area contributed by atoms with Gasteiger partial charge in [-0.3, -0.25) is 0 Å². The van der Waals surface area contributed by atoms with E-state index in [0.717, 1.165) is 4.68 Å². The smallest absolute Gasteiger partial charge is 0.176 e. The molecule has 5 heteroatoms. The molecule has 0 fully saturated rings. The second kappa shape index (κ2) is 3.18. The Morgan fingerprint density at radius 1 is 1.62 bits per heavy atom. The fraction of sp³-hybridized carbons (Fsp3) is 0. The number of hydrogen-bond acceptors (Lipinski definition) is 3. The Balaban J connectivity index is 2.76. The van der Waals surface area contributed by atoms with Gasteiger partial charge in [0.2, 0.25) is 0 Å². The molecule has 2 heterocycles. The van der Waals surface area contributed by atoms with Gasteiger partial charge in [-0.05, 0) is 28.0 Å². The maximum atomic E-state index is 7.71. The van der Waals surface area contributed by atoms with Gasteiger partial charge in [0.25, 0.3) is 0 Å². The summed E-state index contributed by atoms with van der Waals surface area (Å²) in [6.45, 7) is 0. The molecule has 0 aliphatic heterocycles. The summed E-state index contributed by atoms with van der Waals surface area (Å²) >= 11 is 3.02. The summed E-state index contributed by atoms with van der Waals surface area (Å²) in [6, 6.07) is -0.734. The molecule has 2 rings (SSSR count). The number of nitrogen functional groups attached to an aromatic ring is 1. The van der Waals surface area contributed by atoms with E-state index in [-0.39, 0.29) is 40.4 Å². The van der Waals surface area contributed by atoms with Gasteiger partial charge in [-0.2, -0.15) is 5.10 Å². The number of rotatable bonds is 1. The summed E-state index contributed by atoms with van der Waals surface area (Å²) in [5, 5.41) is 3.73. The summed E-state index contributed by atoms with van der Waals surface area (Å²) in [5.74, 6) is -0.0924. The van der Waals surface area contributed by atoms with E-state index in [1.807, 2.05) is 0 Å². The molecular weight excluding hydrogens is 232 g/mol. The fourth-order valence-electron chi connectivity index (χ4n) is 0.791. The van der Waals surface area contributed by atoms with Crippen molar-refractivity contribution >= 4 is 21.6 Å². The van der Waals surface area contributed by atoms with Crippen molar-refractivity contribution in [3.63, 3.8) is 0 Å². The van der Waals surface area contributed by atoms with Crippen molar-refractivity contribution < 1.29 is 6.85 Å². The molecule has 0 atom stereocenters. The molecule has 13 heavy (non-hydrogen) atoms. The number of hydrogen-bond donors (Lipinski definition) is 1. The maximum absolute atomic E-state index is 7.71. The van der Waals surface area contributed by atoms with Crippen LogP contribution in [0.15, 0.2) is 35.1 Å². The first-order valence-electron chi connectivity index (χ1n) is 5.80. The van der Waals surface area contributed by atoms with Crippen LogP contribution in [0.25, 0.3) is 5.82 Å². The Labute approximate surface area is 90.5 Å². The molecule has 0 aliphatic rings. The van der Waals surface area contributed by atoms with Gasteiger partial charge in [-0.25, -0.2) is 9.67 Å². The minimum atomic E-state index is -0.429. The van der Waals surface area contributed by atoms with Gasteiger partial charge >= 0.3 is 0 Å². The summed E-state index contributed by atoms with van der Waals surface area (Å²) < 4.78 is 38.7. The molecule has 0 radical (unpaired) electrons. The molecule has 4 nitrogen and oxygen atoms in total. The van der Waals surface area contributed by atoms with Crippen molar-refractivity contribution in [1.29, 1.82) is 0 Å². The molecule has 2 N–H and O–H groups in total. The van der Waals surface area contributed by atoms with E-state index in [1.54, 1.807) is 0 Å². The second-order valence-electron chi connectivity index (χ2n) is 2.16. The number of nitrogens with two attached hydrogens (primary N) is 1. The number of anilines is 1. The number of nitrogens with zero attached hydrogens (tertiary/aromatic N) is 3. The van der Waals surface area contributed by atoms with Crippen LogP contribution in [0, 0.1) is 0 Å². The highest BCUT2D eigenvalue weighted by atomic mass is 79.9. The van der Waals surface area contributed by atoms with E-state index in [2.05, 4.69) is 26.0 Å². The summed E-state index contributed by atoms with van der Waals surface area (Å²) in [6.07, 6.45) is -0.758. The van der Waals surface area contributed by atoms with Crippen molar-refractivity contribution in [2.24, 2.45) is 0 Å². The third-order valence-corrected chi connectivity index (χ3v) is 1.66. The van der Waals surface area contributed by atoms with Crippen LogP contribution >= 0.6 is 15.9 Å². The molecule has 66 valence electrons. The van der Waals surface area contributed by atoms with E-state index < -0.39 is 6.17 Å². The monoisotopic (exact) mass is 243 g/mol. The summed E-state index contributed by atoms with van der Waals surface area (Å²) in [4.78, 5) is 3.73. The number of pyridine rings is 1. The third kappa shape index (κ3) is 1.55. The Bertz CT molecular complexity index is 641. The molecule has 0 spiro atoms. The van der Waals surface area contributed by atoms with Crippen LogP contribution in [-0.2, 0) is 0 Å². The van der Waals surface area contributed by atoms with Gasteiger partial charge in [-0.15, -0.1) is 0 Å². The second-order valence-corrected chi connectivity index (χ2v) is 2.95. The largest absolute Gasteiger partial charge is 0.396 e. The Kier molecular flexibility index (Phi) is 1.04.